The van der Waals surface area contributed by atoms with Crippen LogP contribution in [0.1, 0.15) is 44.6 Å². The van der Waals surface area contributed by atoms with E-state index in [1.165, 1.54) is 13.0 Å². The number of piperidine rings is 1. The van der Waals surface area contributed by atoms with Gasteiger partial charge in [-0.1, -0.05) is 12.5 Å². The quantitative estimate of drug-likeness (QED) is 0.492. The van der Waals surface area contributed by atoms with Crippen molar-refractivity contribution in [1.29, 1.82) is 0 Å². The van der Waals surface area contributed by atoms with Gasteiger partial charge in [-0.2, -0.15) is 8.78 Å². The summed E-state index contributed by atoms with van der Waals surface area (Å²) in [5.74, 6) is 0.557. The highest BCUT2D eigenvalue weighted by Gasteiger charge is 2.29. The van der Waals surface area contributed by atoms with E-state index in [0.717, 1.165) is 44.2 Å². The maximum Gasteiger partial charge on any atom is 0.387 e. The van der Waals surface area contributed by atoms with Crippen molar-refractivity contribution in [1.82, 2.24) is 4.90 Å². The first-order valence-electron chi connectivity index (χ1n) is 12.0. The number of alkyl halides is 2. The van der Waals surface area contributed by atoms with Crippen molar-refractivity contribution in [2.75, 3.05) is 23.8 Å². The Labute approximate surface area is 203 Å². The first-order valence-corrected chi connectivity index (χ1v) is 12.0. The number of nitrogens with one attached hydrogen (secondary N) is 2. The zero-order valence-corrected chi connectivity index (χ0v) is 19.8. The standard InChI is InChI=1S/C26H31F2N3O4/c1-17(32)29-20-8-10-21(11-9-20)30-25(33)22-4-2-3-13-31(22)15-19-7-12-23(35-26(27)28)24(14-19)34-16-18-5-6-18/h7-12,14,18,22,26H,2-6,13,15-16H2,1H3,(H,29,32)(H,30,33). The van der Waals surface area contributed by atoms with Crippen LogP contribution in [0.2, 0.25) is 0 Å². The number of rotatable bonds is 10. The van der Waals surface area contributed by atoms with E-state index in [-0.39, 0.29) is 23.6 Å². The van der Waals surface area contributed by atoms with Gasteiger partial charge in [-0.15, -0.1) is 0 Å². The lowest BCUT2D eigenvalue weighted by Crippen LogP contribution is -2.46. The fourth-order valence-corrected chi connectivity index (χ4v) is 4.23. The van der Waals surface area contributed by atoms with Crippen molar-refractivity contribution < 1.29 is 27.8 Å². The molecule has 4 rings (SSSR count). The van der Waals surface area contributed by atoms with E-state index in [9.17, 15) is 18.4 Å². The van der Waals surface area contributed by atoms with Gasteiger partial charge in [0.1, 0.15) is 0 Å². The van der Waals surface area contributed by atoms with E-state index in [1.54, 1.807) is 36.4 Å². The third kappa shape index (κ3) is 7.39. The van der Waals surface area contributed by atoms with Crippen molar-refractivity contribution in [3.63, 3.8) is 0 Å². The number of benzene rings is 2. The molecule has 1 saturated carbocycles. The normalized spacial score (nSPS) is 18.2. The summed E-state index contributed by atoms with van der Waals surface area (Å²) in [4.78, 5) is 26.4. The summed E-state index contributed by atoms with van der Waals surface area (Å²) in [5.41, 5.74) is 2.18. The van der Waals surface area contributed by atoms with Gasteiger partial charge >= 0.3 is 6.61 Å². The Bertz CT molecular complexity index is 1030. The van der Waals surface area contributed by atoms with Crippen LogP contribution < -0.4 is 20.1 Å². The highest BCUT2D eigenvalue weighted by atomic mass is 19.3. The number of hydrogen-bond acceptors (Lipinski definition) is 5. The fourth-order valence-electron chi connectivity index (χ4n) is 4.23. The summed E-state index contributed by atoms with van der Waals surface area (Å²) < 4.78 is 36.1. The number of anilines is 2. The highest BCUT2D eigenvalue weighted by molar-refractivity contribution is 5.95. The zero-order valence-electron chi connectivity index (χ0n) is 19.8. The first-order chi connectivity index (χ1) is 16.9. The van der Waals surface area contributed by atoms with Crippen LogP contribution in [0.15, 0.2) is 42.5 Å². The monoisotopic (exact) mass is 487 g/mol. The summed E-state index contributed by atoms with van der Waals surface area (Å²) in [5, 5.41) is 5.67. The van der Waals surface area contributed by atoms with Gasteiger partial charge in [0.05, 0.1) is 12.6 Å². The van der Waals surface area contributed by atoms with E-state index in [1.807, 2.05) is 0 Å². The molecule has 2 aliphatic rings. The topological polar surface area (TPSA) is 79.9 Å². The van der Waals surface area contributed by atoms with Crippen molar-refractivity contribution in [2.24, 2.45) is 5.92 Å². The zero-order chi connectivity index (χ0) is 24.8. The molecule has 2 aromatic carbocycles. The maximum absolute atomic E-state index is 13.1. The van der Waals surface area contributed by atoms with Crippen LogP contribution in [-0.4, -0.2) is 42.5 Å². The third-order valence-electron chi connectivity index (χ3n) is 6.17. The molecule has 188 valence electrons. The number of halogens is 2. The minimum Gasteiger partial charge on any atom is -0.489 e. The summed E-state index contributed by atoms with van der Waals surface area (Å²) >= 11 is 0. The molecule has 2 N–H and O–H groups in total. The van der Waals surface area contributed by atoms with Crippen LogP contribution in [0.4, 0.5) is 20.2 Å². The highest BCUT2D eigenvalue weighted by Crippen LogP contribution is 2.35. The summed E-state index contributed by atoms with van der Waals surface area (Å²) in [6.07, 6.45) is 4.84. The molecule has 35 heavy (non-hydrogen) atoms. The lowest BCUT2D eigenvalue weighted by Gasteiger charge is -2.34. The molecule has 2 aromatic rings. The van der Waals surface area contributed by atoms with Gasteiger partial charge < -0.3 is 20.1 Å². The number of likely N-dealkylation sites (tertiary alicyclic amines) is 1. The van der Waals surface area contributed by atoms with Gasteiger partial charge in [0.25, 0.3) is 0 Å². The summed E-state index contributed by atoms with van der Waals surface area (Å²) in [6.45, 7) is 0.251. The lowest BCUT2D eigenvalue weighted by molar-refractivity contribution is -0.122. The summed E-state index contributed by atoms with van der Waals surface area (Å²) in [7, 11) is 0. The van der Waals surface area contributed by atoms with Crippen molar-refractivity contribution >= 4 is 23.2 Å². The van der Waals surface area contributed by atoms with Gasteiger partial charge in [-0.05, 0) is 80.1 Å². The molecule has 0 aromatic heterocycles. The third-order valence-corrected chi connectivity index (χ3v) is 6.17. The maximum atomic E-state index is 13.1. The molecule has 0 radical (unpaired) electrons. The second kappa shape index (κ2) is 11.5. The van der Waals surface area contributed by atoms with Crippen molar-refractivity contribution in [2.45, 2.75) is 58.2 Å². The minimum atomic E-state index is -2.92. The average Bonchev–Trinajstić information content (AvgIpc) is 3.64. The molecular weight excluding hydrogens is 456 g/mol. The molecule has 2 amide bonds. The molecule has 1 aliphatic heterocycles. The van der Waals surface area contributed by atoms with Crippen molar-refractivity contribution in [3.8, 4) is 11.5 Å². The molecule has 1 unspecified atom stereocenters. The van der Waals surface area contributed by atoms with Crippen molar-refractivity contribution in [3.05, 3.63) is 48.0 Å². The number of carbonyl (C=O) groups excluding carboxylic acids is 2. The predicted octanol–water partition coefficient (Wildman–Crippen LogP) is 5.03. The van der Waals surface area contributed by atoms with Gasteiger partial charge in [0.2, 0.25) is 11.8 Å². The molecule has 1 saturated heterocycles. The lowest BCUT2D eigenvalue weighted by atomic mass is 10.00. The molecule has 0 spiro atoms. The first kappa shape index (κ1) is 24.9. The number of amides is 2. The van der Waals surface area contributed by atoms with Crippen LogP contribution in [0, 0.1) is 5.92 Å². The van der Waals surface area contributed by atoms with E-state index in [0.29, 0.717) is 36.2 Å². The van der Waals surface area contributed by atoms with Gasteiger partial charge in [-0.3, -0.25) is 14.5 Å². The van der Waals surface area contributed by atoms with E-state index < -0.39 is 6.61 Å². The van der Waals surface area contributed by atoms with Crippen LogP contribution in [0.3, 0.4) is 0 Å². The Morgan fingerprint density at radius 3 is 2.37 bits per heavy atom. The van der Waals surface area contributed by atoms with E-state index in [2.05, 4.69) is 20.3 Å². The molecule has 2 fully saturated rings. The van der Waals surface area contributed by atoms with Crippen LogP contribution in [0.5, 0.6) is 11.5 Å². The van der Waals surface area contributed by atoms with Gasteiger partial charge in [-0.25, -0.2) is 0 Å². The van der Waals surface area contributed by atoms with E-state index in [4.69, 9.17) is 4.74 Å². The van der Waals surface area contributed by atoms with Crippen LogP contribution in [-0.2, 0) is 16.1 Å². The Kier molecular flexibility index (Phi) is 8.17. The van der Waals surface area contributed by atoms with Gasteiger partial charge in [0.15, 0.2) is 11.5 Å². The summed E-state index contributed by atoms with van der Waals surface area (Å²) in [6, 6.07) is 11.7. The molecular formula is C26H31F2N3O4. The Morgan fingerprint density at radius 1 is 1.00 bits per heavy atom. The molecule has 1 heterocycles. The average molecular weight is 488 g/mol. The number of nitrogens with zero attached hydrogens (tertiary/aromatic N) is 1. The fraction of sp³-hybridized carbons (Fsp3) is 0.462. The van der Waals surface area contributed by atoms with E-state index >= 15 is 0 Å². The van der Waals surface area contributed by atoms with Crippen LogP contribution >= 0.6 is 0 Å². The number of hydrogen-bond donors (Lipinski definition) is 2. The Morgan fingerprint density at radius 2 is 1.71 bits per heavy atom. The molecule has 1 aliphatic carbocycles. The minimum absolute atomic E-state index is 0.0278. The second-order valence-electron chi connectivity index (χ2n) is 9.14. The SMILES string of the molecule is CC(=O)Nc1ccc(NC(=O)C2CCCCN2Cc2ccc(OC(F)F)c(OCC3CC3)c2)cc1. The predicted molar refractivity (Wildman–Crippen MR) is 129 cm³/mol. The number of carbonyl (C=O) groups is 2. The molecule has 7 nitrogen and oxygen atoms in total. The largest absolute Gasteiger partial charge is 0.489 e. The molecule has 9 heteroatoms. The smallest absolute Gasteiger partial charge is 0.387 e. The molecule has 0 bridgehead atoms. The number of ether oxygens (including phenoxy) is 2. The molecule has 1 atom stereocenters. The Balaban J connectivity index is 1.42. The van der Waals surface area contributed by atoms with Crippen LogP contribution in [0.25, 0.3) is 0 Å². The Hall–Kier alpha value is -3.20. The van der Waals surface area contributed by atoms with Gasteiger partial charge in [0, 0.05) is 24.8 Å². The second-order valence-corrected chi connectivity index (χ2v) is 9.14.